The molecule has 0 bridgehead atoms. The van der Waals surface area contributed by atoms with E-state index in [9.17, 15) is 5.11 Å². The van der Waals surface area contributed by atoms with E-state index in [4.69, 9.17) is 9.47 Å². The maximum Gasteiger partial charge on any atom is 0.135 e. The molecule has 10 rings (SSSR count). The van der Waals surface area contributed by atoms with Crippen LogP contribution in [-0.4, -0.2) is 24.9 Å². The van der Waals surface area contributed by atoms with Crippen molar-refractivity contribution in [2.75, 3.05) is 19.8 Å². The van der Waals surface area contributed by atoms with Gasteiger partial charge in [0.15, 0.2) is 0 Å². The third-order valence-electron chi connectivity index (χ3n) is 11.3. The maximum absolute atomic E-state index is 10.1. The molecule has 0 heterocycles. The second kappa shape index (κ2) is 17.3. The molecule has 295 valence electrons. The van der Waals surface area contributed by atoms with Crippen molar-refractivity contribution in [3.8, 4) is 67.1 Å². The quantitative estimate of drug-likeness (QED) is 0.110. The molecule has 1 N–H and O–H groups in total. The minimum absolute atomic E-state index is 0. The number of aliphatic hydroxyl groups excluding tert-OH is 1. The van der Waals surface area contributed by atoms with E-state index >= 15 is 0 Å². The number of hydrogen-bond acceptors (Lipinski definition) is 3. The van der Waals surface area contributed by atoms with Gasteiger partial charge in [0.1, 0.15) is 18.1 Å². The zero-order chi connectivity index (χ0) is 39.7. The normalized spacial score (nSPS) is 11.2. The van der Waals surface area contributed by atoms with Gasteiger partial charge in [-0.05, 0) is 132 Å². The Hall–Kier alpha value is -5.94. The molecular formula is C56H41HoO3-. The molecule has 0 aliphatic rings. The van der Waals surface area contributed by atoms with Crippen molar-refractivity contribution in [2.24, 2.45) is 0 Å². The van der Waals surface area contributed by atoms with Crippen LogP contribution in [0.15, 0.2) is 194 Å². The van der Waals surface area contributed by atoms with Gasteiger partial charge in [-0.15, -0.1) is 0 Å². The third-order valence-corrected chi connectivity index (χ3v) is 11.3. The van der Waals surface area contributed by atoms with Crippen LogP contribution in [0.1, 0.15) is 0 Å². The fourth-order valence-corrected chi connectivity index (χ4v) is 8.44. The number of rotatable bonds is 10. The summed E-state index contributed by atoms with van der Waals surface area (Å²) in [5.74, 6) is 1.52. The Morgan fingerprint density at radius 2 is 0.617 bits per heavy atom. The maximum atomic E-state index is 10.1. The first-order valence-electron chi connectivity index (χ1n) is 20.1. The van der Waals surface area contributed by atoms with Crippen LogP contribution in [0.5, 0.6) is 11.5 Å². The molecule has 4 heteroatoms. The summed E-state index contributed by atoms with van der Waals surface area (Å²) in [6.45, 7) is 4.48. The van der Waals surface area contributed by atoms with Gasteiger partial charge in [-0.25, -0.2) is 0 Å². The molecule has 10 aromatic carbocycles. The van der Waals surface area contributed by atoms with E-state index in [1.807, 2.05) is 0 Å². The number of aliphatic hydroxyl groups is 1. The van der Waals surface area contributed by atoms with Crippen molar-refractivity contribution in [1.82, 2.24) is 0 Å². The molecule has 3 nitrogen and oxygen atoms in total. The van der Waals surface area contributed by atoms with Gasteiger partial charge in [0, 0.05) is 60.0 Å². The number of hydrogen-bond donors (Lipinski definition) is 1. The number of benzene rings is 10. The van der Waals surface area contributed by atoms with E-state index in [-0.39, 0.29) is 57.6 Å². The molecular weight excluding hydrogens is 886 g/mol. The first kappa shape index (κ1) is 39.5. The van der Waals surface area contributed by atoms with Crippen LogP contribution in [0, 0.1) is 44.7 Å². The molecule has 0 atom stereocenters. The van der Waals surface area contributed by atoms with E-state index in [0.717, 1.165) is 88.7 Å². The SMILES string of the molecule is [CH2-]COc1c(-c2ccc3ccccc3c2)cc(-c2cc(-c3ccc4ccccc4c3)c(OCCO)c(-c3ccc4ccccc4c3)c2)cc1-c1ccc2ccccc2c1.[Ho]. The third kappa shape index (κ3) is 7.67. The molecule has 1 radical (unpaired) electrons. The van der Waals surface area contributed by atoms with E-state index in [2.05, 4.69) is 201 Å². The smallest absolute Gasteiger partial charge is 0.135 e. The van der Waals surface area contributed by atoms with Crippen molar-refractivity contribution in [3.63, 3.8) is 0 Å². The minimum atomic E-state index is -0.103. The summed E-state index contributed by atoms with van der Waals surface area (Å²) in [7, 11) is 0. The molecule has 0 unspecified atom stereocenters. The van der Waals surface area contributed by atoms with Crippen molar-refractivity contribution >= 4 is 43.1 Å². The fourth-order valence-electron chi connectivity index (χ4n) is 8.44. The molecule has 0 aliphatic heterocycles. The zero-order valence-electron chi connectivity index (χ0n) is 32.9. The van der Waals surface area contributed by atoms with Crippen LogP contribution >= 0.6 is 0 Å². The van der Waals surface area contributed by atoms with Crippen LogP contribution in [0.4, 0.5) is 0 Å². The van der Waals surface area contributed by atoms with Crippen LogP contribution < -0.4 is 9.47 Å². The average molecular weight is 927 g/mol. The molecule has 0 saturated heterocycles. The van der Waals surface area contributed by atoms with Crippen LogP contribution in [0.3, 0.4) is 0 Å². The van der Waals surface area contributed by atoms with Gasteiger partial charge in [0.2, 0.25) is 0 Å². The van der Waals surface area contributed by atoms with Gasteiger partial charge in [-0.2, -0.15) is 0 Å². The largest absolute Gasteiger partial charge is 0.524 e. The molecule has 60 heavy (non-hydrogen) atoms. The molecule has 10 aromatic rings. The van der Waals surface area contributed by atoms with E-state index < -0.39 is 0 Å². The van der Waals surface area contributed by atoms with Gasteiger partial charge in [-0.1, -0.05) is 146 Å². The van der Waals surface area contributed by atoms with Crippen molar-refractivity contribution in [2.45, 2.75) is 0 Å². The summed E-state index contributed by atoms with van der Waals surface area (Å²) in [5.41, 5.74) is 10.1. The summed E-state index contributed by atoms with van der Waals surface area (Å²) in [5, 5.41) is 19.4. The second-order valence-corrected chi connectivity index (χ2v) is 15.0. The molecule has 0 spiro atoms. The minimum Gasteiger partial charge on any atom is -0.524 e. The first-order chi connectivity index (χ1) is 29.1. The number of fused-ring (bicyclic) bond motifs is 4. The van der Waals surface area contributed by atoms with E-state index in [0.29, 0.717) is 0 Å². The standard InChI is InChI=1S/C56H41O3.Ho/c1-2-58-55-51(45-23-19-37-11-3-7-15-41(37)29-45)33-49(34-52(55)46-24-20-38-12-4-8-16-42(38)30-46)50-35-53(47-25-21-39-13-5-9-17-43(39)31-47)56(59-28-27-57)54(36-50)48-26-22-40-14-6-10-18-44(40)32-48;/h3-26,29-36,57H,1-2,27-28H2;/q-1;. The molecule has 0 fully saturated rings. The Morgan fingerprint density at radius 1 is 0.333 bits per heavy atom. The Balaban J connectivity index is 0.00000462. The Bertz CT molecular complexity index is 2980. The van der Waals surface area contributed by atoms with Crippen LogP contribution in [0.2, 0.25) is 0 Å². The van der Waals surface area contributed by atoms with Gasteiger partial charge >= 0.3 is 0 Å². The van der Waals surface area contributed by atoms with Gasteiger partial charge in [0.25, 0.3) is 0 Å². The van der Waals surface area contributed by atoms with E-state index in [1.165, 1.54) is 21.5 Å². The zero-order valence-corrected chi connectivity index (χ0v) is 34.8. The summed E-state index contributed by atoms with van der Waals surface area (Å²) in [4.78, 5) is 0. The van der Waals surface area contributed by atoms with Gasteiger partial charge < -0.3 is 21.5 Å². The van der Waals surface area contributed by atoms with Gasteiger partial charge in [0.05, 0.1) is 6.61 Å². The molecule has 0 saturated carbocycles. The van der Waals surface area contributed by atoms with Gasteiger partial charge in [-0.3, -0.25) is 0 Å². The summed E-state index contributed by atoms with van der Waals surface area (Å²) in [6, 6.07) is 69.2. The predicted molar refractivity (Wildman–Crippen MR) is 247 cm³/mol. The Morgan fingerprint density at radius 3 is 0.900 bits per heavy atom. The van der Waals surface area contributed by atoms with Crippen molar-refractivity contribution < 1.29 is 52.3 Å². The number of ether oxygens (including phenoxy) is 2. The Kier molecular flexibility index (Phi) is 11.4. The monoisotopic (exact) mass is 926 g/mol. The average Bonchev–Trinajstić information content (AvgIpc) is 3.30. The van der Waals surface area contributed by atoms with Crippen LogP contribution in [0.25, 0.3) is 98.7 Å². The predicted octanol–water partition coefficient (Wildman–Crippen LogP) is 14.2. The van der Waals surface area contributed by atoms with Crippen molar-refractivity contribution in [1.29, 1.82) is 0 Å². The summed E-state index contributed by atoms with van der Waals surface area (Å²) >= 11 is 0. The second-order valence-electron chi connectivity index (χ2n) is 15.0. The molecule has 0 amide bonds. The van der Waals surface area contributed by atoms with Crippen molar-refractivity contribution in [3.05, 3.63) is 201 Å². The fraction of sp³-hybridized carbons (Fsp3) is 0.0536. The van der Waals surface area contributed by atoms with E-state index in [1.54, 1.807) is 0 Å². The topological polar surface area (TPSA) is 38.7 Å². The molecule has 0 aromatic heterocycles. The first-order valence-corrected chi connectivity index (χ1v) is 20.1. The molecule has 0 aliphatic carbocycles. The van der Waals surface area contributed by atoms with Crippen LogP contribution in [-0.2, 0) is 0 Å². The summed E-state index contributed by atoms with van der Waals surface area (Å²) < 4.78 is 13.2. The summed E-state index contributed by atoms with van der Waals surface area (Å²) in [6.07, 6.45) is 0. The Labute approximate surface area is 380 Å².